The standard InChI is InChI=1S/C23H24ClN3O4/c1-13(2)30-22-19(24)11-18(12-25-22)20-26-21(31-27-20)16-6-3-14(4-7-16)9-15-5-8-17(10-15)23(28)29/h3-4,6-7,11-13,15,17H,5,8-10H2,1-2H3,(H,28,29)/t15-,17-/m1/s1. The summed E-state index contributed by atoms with van der Waals surface area (Å²) in [5.74, 6) is 0.722. The Labute approximate surface area is 185 Å². The molecule has 0 amide bonds. The van der Waals surface area contributed by atoms with Gasteiger partial charge in [0.1, 0.15) is 5.02 Å². The minimum Gasteiger partial charge on any atom is -0.481 e. The van der Waals surface area contributed by atoms with Gasteiger partial charge in [0.2, 0.25) is 11.7 Å². The molecule has 2 heterocycles. The van der Waals surface area contributed by atoms with Crippen LogP contribution in [0, 0.1) is 11.8 Å². The van der Waals surface area contributed by atoms with Crippen molar-refractivity contribution in [3.8, 4) is 28.7 Å². The van der Waals surface area contributed by atoms with Crippen LogP contribution in [0.5, 0.6) is 5.88 Å². The van der Waals surface area contributed by atoms with Gasteiger partial charge in [0.15, 0.2) is 0 Å². The second-order valence-electron chi connectivity index (χ2n) is 8.22. The minimum atomic E-state index is -0.677. The first kappa shape index (κ1) is 21.3. The van der Waals surface area contributed by atoms with Crippen LogP contribution in [-0.4, -0.2) is 32.3 Å². The summed E-state index contributed by atoms with van der Waals surface area (Å²) in [4.78, 5) is 19.8. The molecule has 31 heavy (non-hydrogen) atoms. The monoisotopic (exact) mass is 441 g/mol. The summed E-state index contributed by atoms with van der Waals surface area (Å²) in [5, 5.41) is 13.6. The molecule has 2 aromatic heterocycles. The summed E-state index contributed by atoms with van der Waals surface area (Å²) in [6, 6.07) is 9.66. The van der Waals surface area contributed by atoms with Crippen LogP contribution in [-0.2, 0) is 11.2 Å². The Hall–Kier alpha value is -2.93. The Morgan fingerprint density at radius 3 is 2.68 bits per heavy atom. The first-order valence-corrected chi connectivity index (χ1v) is 10.7. The number of aromatic nitrogens is 3. The number of nitrogens with zero attached hydrogens (tertiary/aromatic N) is 3. The van der Waals surface area contributed by atoms with Crippen LogP contribution in [0.3, 0.4) is 0 Å². The Balaban J connectivity index is 1.43. The maximum atomic E-state index is 11.1. The van der Waals surface area contributed by atoms with Gasteiger partial charge < -0.3 is 14.4 Å². The number of ether oxygens (including phenoxy) is 1. The highest BCUT2D eigenvalue weighted by atomic mass is 35.5. The number of halogens is 1. The van der Waals surface area contributed by atoms with E-state index < -0.39 is 5.97 Å². The lowest BCUT2D eigenvalue weighted by Gasteiger charge is -2.10. The van der Waals surface area contributed by atoms with Crippen LogP contribution < -0.4 is 4.74 Å². The van der Waals surface area contributed by atoms with Crippen molar-refractivity contribution in [1.82, 2.24) is 15.1 Å². The van der Waals surface area contributed by atoms with Crippen LogP contribution >= 0.6 is 11.6 Å². The number of aliphatic carboxylic acids is 1. The van der Waals surface area contributed by atoms with Crippen LogP contribution in [0.25, 0.3) is 22.8 Å². The van der Waals surface area contributed by atoms with Crippen molar-refractivity contribution in [2.24, 2.45) is 11.8 Å². The van der Waals surface area contributed by atoms with Crippen molar-refractivity contribution in [3.05, 3.63) is 47.1 Å². The summed E-state index contributed by atoms with van der Waals surface area (Å²) in [6.45, 7) is 3.81. The SMILES string of the molecule is CC(C)Oc1ncc(-c2noc(-c3ccc(C[C@H]4CC[C@@H](C(=O)O)C4)cc3)n2)cc1Cl. The molecule has 1 aliphatic rings. The highest BCUT2D eigenvalue weighted by molar-refractivity contribution is 6.32. The molecule has 1 fully saturated rings. The van der Waals surface area contributed by atoms with E-state index in [-0.39, 0.29) is 12.0 Å². The first-order valence-electron chi connectivity index (χ1n) is 10.4. The van der Waals surface area contributed by atoms with Crippen molar-refractivity contribution < 1.29 is 19.2 Å². The van der Waals surface area contributed by atoms with E-state index in [1.54, 1.807) is 12.3 Å². The van der Waals surface area contributed by atoms with Crippen molar-refractivity contribution in [2.75, 3.05) is 0 Å². The lowest BCUT2D eigenvalue weighted by molar-refractivity contribution is -0.141. The van der Waals surface area contributed by atoms with Gasteiger partial charge in [-0.3, -0.25) is 4.79 Å². The van der Waals surface area contributed by atoms with E-state index in [9.17, 15) is 4.79 Å². The van der Waals surface area contributed by atoms with Crippen molar-refractivity contribution in [3.63, 3.8) is 0 Å². The normalized spacial score (nSPS) is 18.5. The molecule has 0 aliphatic heterocycles. The molecule has 8 heteroatoms. The fraction of sp³-hybridized carbons (Fsp3) is 0.391. The second kappa shape index (κ2) is 9.06. The average Bonchev–Trinajstić information content (AvgIpc) is 3.40. The van der Waals surface area contributed by atoms with E-state index in [0.717, 1.165) is 31.2 Å². The smallest absolute Gasteiger partial charge is 0.306 e. The molecule has 0 unspecified atom stereocenters. The number of carbonyl (C=O) groups is 1. The third kappa shape index (κ3) is 5.05. The van der Waals surface area contributed by atoms with Crippen LogP contribution in [0.2, 0.25) is 5.02 Å². The van der Waals surface area contributed by atoms with E-state index in [0.29, 0.717) is 34.1 Å². The van der Waals surface area contributed by atoms with Crippen LogP contribution in [0.1, 0.15) is 38.7 Å². The molecule has 1 N–H and O–H groups in total. The molecule has 0 radical (unpaired) electrons. The third-order valence-corrected chi connectivity index (χ3v) is 5.73. The lowest BCUT2D eigenvalue weighted by Crippen LogP contribution is -2.10. The van der Waals surface area contributed by atoms with Crippen molar-refractivity contribution in [1.29, 1.82) is 0 Å². The predicted molar refractivity (Wildman–Crippen MR) is 116 cm³/mol. The zero-order valence-electron chi connectivity index (χ0n) is 17.4. The maximum Gasteiger partial charge on any atom is 0.306 e. The van der Waals surface area contributed by atoms with Crippen molar-refractivity contribution in [2.45, 2.75) is 45.6 Å². The quantitative estimate of drug-likeness (QED) is 0.532. The van der Waals surface area contributed by atoms with E-state index >= 15 is 0 Å². The third-order valence-electron chi connectivity index (χ3n) is 5.45. The molecule has 0 saturated heterocycles. The minimum absolute atomic E-state index is 0.0251. The highest BCUT2D eigenvalue weighted by Crippen LogP contribution is 2.34. The van der Waals surface area contributed by atoms with E-state index in [1.807, 2.05) is 38.1 Å². The molecule has 1 saturated carbocycles. The lowest BCUT2D eigenvalue weighted by atomic mass is 9.96. The molecule has 7 nitrogen and oxygen atoms in total. The fourth-order valence-electron chi connectivity index (χ4n) is 3.92. The molecule has 1 aromatic carbocycles. The van der Waals surface area contributed by atoms with Crippen molar-refractivity contribution >= 4 is 17.6 Å². The number of pyridine rings is 1. The molecule has 3 aromatic rings. The summed E-state index contributed by atoms with van der Waals surface area (Å²) >= 11 is 6.25. The van der Waals surface area contributed by atoms with E-state index in [2.05, 4.69) is 15.1 Å². The summed E-state index contributed by atoms with van der Waals surface area (Å²) in [5.41, 5.74) is 2.63. The molecular formula is C23H24ClN3O4. The highest BCUT2D eigenvalue weighted by Gasteiger charge is 2.29. The number of hydrogen-bond donors (Lipinski definition) is 1. The van der Waals surface area contributed by atoms with E-state index in [4.69, 9.17) is 26.0 Å². The Morgan fingerprint density at radius 2 is 2.03 bits per heavy atom. The zero-order chi connectivity index (χ0) is 22.0. The van der Waals surface area contributed by atoms with Gasteiger partial charge in [-0.25, -0.2) is 4.98 Å². The van der Waals surface area contributed by atoms with Crippen LogP contribution in [0.15, 0.2) is 41.1 Å². The molecule has 0 spiro atoms. The maximum absolute atomic E-state index is 11.1. The number of carboxylic acids is 1. The Kier molecular flexibility index (Phi) is 6.23. The predicted octanol–water partition coefficient (Wildman–Crippen LogP) is 5.28. The molecule has 1 aliphatic carbocycles. The second-order valence-corrected chi connectivity index (χ2v) is 8.62. The number of carboxylic acid groups (broad SMARTS) is 1. The molecule has 0 bridgehead atoms. The van der Waals surface area contributed by atoms with Crippen LogP contribution in [0.4, 0.5) is 0 Å². The largest absolute Gasteiger partial charge is 0.481 e. The van der Waals surface area contributed by atoms with Gasteiger partial charge in [0.25, 0.3) is 5.89 Å². The molecular weight excluding hydrogens is 418 g/mol. The summed E-state index contributed by atoms with van der Waals surface area (Å²) in [6.07, 6.45) is 4.95. The van der Waals surface area contributed by atoms with E-state index in [1.165, 1.54) is 5.56 Å². The first-order chi connectivity index (χ1) is 14.9. The van der Waals surface area contributed by atoms with Gasteiger partial charge in [-0.15, -0.1) is 0 Å². The average molecular weight is 442 g/mol. The molecule has 2 atom stereocenters. The van der Waals surface area contributed by atoms with Gasteiger partial charge in [-0.2, -0.15) is 4.98 Å². The number of benzene rings is 1. The summed E-state index contributed by atoms with van der Waals surface area (Å²) < 4.78 is 11.0. The van der Waals surface area contributed by atoms with Gasteiger partial charge in [-0.1, -0.05) is 28.9 Å². The Bertz CT molecular complexity index is 1060. The number of rotatable bonds is 7. The topological polar surface area (TPSA) is 98.3 Å². The Morgan fingerprint density at radius 1 is 1.26 bits per heavy atom. The van der Waals surface area contributed by atoms with Gasteiger partial charge in [0.05, 0.1) is 12.0 Å². The molecule has 4 rings (SSSR count). The summed E-state index contributed by atoms with van der Waals surface area (Å²) in [7, 11) is 0. The fourth-order valence-corrected chi connectivity index (χ4v) is 4.13. The van der Waals surface area contributed by atoms with Gasteiger partial charge >= 0.3 is 5.97 Å². The number of hydrogen-bond acceptors (Lipinski definition) is 6. The molecule has 162 valence electrons. The van der Waals surface area contributed by atoms with Gasteiger partial charge in [-0.05, 0) is 69.2 Å². The zero-order valence-corrected chi connectivity index (χ0v) is 18.2. The van der Waals surface area contributed by atoms with Gasteiger partial charge in [0, 0.05) is 17.3 Å².